The summed E-state index contributed by atoms with van der Waals surface area (Å²) in [5, 5.41) is 13.7. The van der Waals surface area contributed by atoms with Crippen molar-refractivity contribution < 1.29 is 4.79 Å². The minimum atomic E-state index is -0.446. The lowest BCUT2D eigenvalue weighted by atomic mass is 10.2. The number of carbonyl (C=O) groups excluding carboxylic acids is 1. The highest BCUT2D eigenvalue weighted by atomic mass is 35.5. The SMILES string of the molecule is O=C(NCCc1cn[nH]n1)c1cccn(Cc2c(Cl)cccc2Cl)c1=O. The molecule has 26 heavy (non-hydrogen) atoms. The van der Waals surface area contributed by atoms with Gasteiger partial charge in [0.1, 0.15) is 5.56 Å². The van der Waals surface area contributed by atoms with Crippen molar-refractivity contribution in [1.29, 1.82) is 0 Å². The highest BCUT2D eigenvalue weighted by molar-refractivity contribution is 6.35. The van der Waals surface area contributed by atoms with Gasteiger partial charge in [-0.05, 0) is 24.3 Å². The molecule has 0 atom stereocenters. The number of benzene rings is 1. The molecule has 0 fully saturated rings. The third kappa shape index (κ3) is 4.12. The van der Waals surface area contributed by atoms with Crippen molar-refractivity contribution in [1.82, 2.24) is 25.3 Å². The Bertz CT molecular complexity index is 949. The molecule has 3 rings (SSSR count). The summed E-state index contributed by atoms with van der Waals surface area (Å²) in [5.74, 6) is -0.446. The van der Waals surface area contributed by atoms with Gasteiger partial charge in [0.25, 0.3) is 11.5 Å². The lowest BCUT2D eigenvalue weighted by molar-refractivity contribution is 0.0952. The van der Waals surface area contributed by atoms with Crippen molar-refractivity contribution in [3.05, 3.63) is 79.9 Å². The minimum absolute atomic E-state index is 0.0517. The minimum Gasteiger partial charge on any atom is -0.351 e. The van der Waals surface area contributed by atoms with E-state index < -0.39 is 11.5 Å². The smallest absolute Gasteiger partial charge is 0.263 e. The van der Waals surface area contributed by atoms with Crippen LogP contribution in [0.5, 0.6) is 0 Å². The quantitative estimate of drug-likeness (QED) is 0.673. The molecule has 0 aliphatic rings. The number of aromatic amines is 1. The molecule has 9 heteroatoms. The van der Waals surface area contributed by atoms with E-state index in [1.54, 1.807) is 36.7 Å². The summed E-state index contributed by atoms with van der Waals surface area (Å²) in [5.41, 5.74) is 0.990. The molecule has 7 nitrogen and oxygen atoms in total. The second kappa shape index (κ2) is 8.16. The third-order valence-corrected chi connectivity index (χ3v) is 4.49. The van der Waals surface area contributed by atoms with E-state index in [0.717, 1.165) is 5.69 Å². The zero-order chi connectivity index (χ0) is 18.5. The molecule has 0 aliphatic carbocycles. The summed E-state index contributed by atoms with van der Waals surface area (Å²) >= 11 is 12.3. The van der Waals surface area contributed by atoms with Gasteiger partial charge in [-0.1, -0.05) is 29.3 Å². The molecule has 0 saturated carbocycles. The Hall–Kier alpha value is -2.64. The lowest BCUT2D eigenvalue weighted by Gasteiger charge is -2.11. The van der Waals surface area contributed by atoms with Gasteiger partial charge in [0.15, 0.2) is 0 Å². The number of H-pyrrole nitrogens is 1. The predicted molar refractivity (Wildman–Crippen MR) is 98.7 cm³/mol. The van der Waals surface area contributed by atoms with Gasteiger partial charge in [-0.25, -0.2) is 0 Å². The maximum Gasteiger partial charge on any atom is 0.263 e. The first-order chi connectivity index (χ1) is 12.6. The first-order valence-corrected chi connectivity index (χ1v) is 8.57. The van der Waals surface area contributed by atoms with Crippen molar-refractivity contribution >= 4 is 29.1 Å². The van der Waals surface area contributed by atoms with E-state index in [2.05, 4.69) is 20.7 Å². The van der Waals surface area contributed by atoms with Crippen LogP contribution in [0, 0.1) is 0 Å². The summed E-state index contributed by atoms with van der Waals surface area (Å²) in [7, 11) is 0. The molecule has 0 aliphatic heterocycles. The van der Waals surface area contributed by atoms with E-state index in [0.29, 0.717) is 28.6 Å². The van der Waals surface area contributed by atoms with Gasteiger partial charge in [0.2, 0.25) is 0 Å². The maximum atomic E-state index is 12.6. The number of nitrogens with one attached hydrogen (secondary N) is 2. The van der Waals surface area contributed by atoms with Gasteiger partial charge in [-0.2, -0.15) is 15.4 Å². The number of nitrogens with zero attached hydrogens (tertiary/aromatic N) is 3. The van der Waals surface area contributed by atoms with Gasteiger partial charge in [0, 0.05) is 34.8 Å². The molecule has 0 bridgehead atoms. The molecule has 134 valence electrons. The fourth-order valence-corrected chi connectivity index (χ4v) is 2.95. The number of carbonyl (C=O) groups is 1. The van der Waals surface area contributed by atoms with E-state index in [1.807, 2.05) is 0 Å². The fourth-order valence-electron chi connectivity index (χ4n) is 2.43. The summed E-state index contributed by atoms with van der Waals surface area (Å²) in [6.07, 6.45) is 3.68. The number of hydrogen-bond donors (Lipinski definition) is 2. The first-order valence-electron chi connectivity index (χ1n) is 7.81. The van der Waals surface area contributed by atoms with Crippen molar-refractivity contribution in [3.8, 4) is 0 Å². The molecule has 1 amide bonds. The van der Waals surface area contributed by atoms with Gasteiger partial charge < -0.3 is 9.88 Å². The van der Waals surface area contributed by atoms with Crippen molar-refractivity contribution in [2.75, 3.05) is 6.54 Å². The monoisotopic (exact) mass is 391 g/mol. The van der Waals surface area contributed by atoms with E-state index in [9.17, 15) is 9.59 Å². The Labute approximate surface area is 158 Å². The Morgan fingerprint density at radius 2 is 1.96 bits per heavy atom. The average molecular weight is 392 g/mol. The standard InChI is InChI=1S/C17H15Cl2N5O2/c18-14-4-1-5-15(19)13(14)10-24-8-2-3-12(17(24)26)16(25)20-7-6-11-9-21-23-22-11/h1-5,8-9H,6-7,10H2,(H,20,25)(H,21,22,23). The number of halogens is 2. The normalized spacial score (nSPS) is 10.7. The van der Waals surface area contributed by atoms with Crippen LogP contribution in [0.1, 0.15) is 21.6 Å². The van der Waals surface area contributed by atoms with E-state index in [-0.39, 0.29) is 12.1 Å². The number of aromatic nitrogens is 4. The Morgan fingerprint density at radius 1 is 1.19 bits per heavy atom. The van der Waals surface area contributed by atoms with Gasteiger partial charge in [-0.15, -0.1) is 0 Å². The Balaban J connectivity index is 1.74. The summed E-state index contributed by atoms with van der Waals surface area (Å²) in [4.78, 5) is 24.9. The molecule has 2 aromatic heterocycles. The topological polar surface area (TPSA) is 92.7 Å². The molecule has 0 unspecified atom stereocenters. The second-order valence-corrected chi connectivity index (χ2v) is 6.34. The Kier molecular flexibility index (Phi) is 5.70. The zero-order valence-electron chi connectivity index (χ0n) is 13.6. The zero-order valence-corrected chi connectivity index (χ0v) is 15.1. The number of hydrogen-bond acceptors (Lipinski definition) is 4. The van der Waals surface area contributed by atoms with Crippen LogP contribution >= 0.6 is 23.2 Å². The molecule has 2 N–H and O–H groups in total. The van der Waals surface area contributed by atoms with Crippen LogP contribution in [0.4, 0.5) is 0 Å². The number of pyridine rings is 1. The number of amides is 1. The fraction of sp³-hybridized carbons (Fsp3) is 0.176. The highest BCUT2D eigenvalue weighted by Crippen LogP contribution is 2.24. The summed E-state index contributed by atoms with van der Waals surface area (Å²) < 4.78 is 1.40. The molecule has 0 saturated heterocycles. The van der Waals surface area contributed by atoms with Crippen LogP contribution in [0.3, 0.4) is 0 Å². The molecule has 0 spiro atoms. The molecule has 3 aromatic rings. The van der Waals surface area contributed by atoms with Crippen LogP contribution in [-0.4, -0.2) is 32.4 Å². The molecule has 2 heterocycles. The predicted octanol–water partition coefficient (Wildman–Crippen LogP) is 2.29. The van der Waals surface area contributed by atoms with E-state index in [1.165, 1.54) is 10.6 Å². The third-order valence-electron chi connectivity index (χ3n) is 3.79. The molecular formula is C17H15Cl2N5O2. The lowest BCUT2D eigenvalue weighted by Crippen LogP contribution is -2.34. The van der Waals surface area contributed by atoms with Crippen molar-refractivity contribution in [3.63, 3.8) is 0 Å². The Morgan fingerprint density at radius 3 is 2.65 bits per heavy atom. The number of rotatable bonds is 6. The van der Waals surface area contributed by atoms with E-state index in [4.69, 9.17) is 23.2 Å². The van der Waals surface area contributed by atoms with Crippen LogP contribution in [0.25, 0.3) is 0 Å². The second-order valence-electron chi connectivity index (χ2n) is 5.52. The van der Waals surface area contributed by atoms with Crippen LogP contribution in [-0.2, 0) is 13.0 Å². The van der Waals surface area contributed by atoms with Gasteiger partial charge in [0.05, 0.1) is 18.4 Å². The first kappa shape index (κ1) is 18.2. The van der Waals surface area contributed by atoms with Crippen molar-refractivity contribution in [2.24, 2.45) is 0 Å². The van der Waals surface area contributed by atoms with Crippen molar-refractivity contribution in [2.45, 2.75) is 13.0 Å². The van der Waals surface area contributed by atoms with Gasteiger partial charge >= 0.3 is 0 Å². The summed E-state index contributed by atoms with van der Waals surface area (Å²) in [6, 6.07) is 8.26. The molecule has 1 aromatic carbocycles. The highest BCUT2D eigenvalue weighted by Gasteiger charge is 2.14. The van der Waals surface area contributed by atoms with E-state index >= 15 is 0 Å². The summed E-state index contributed by atoms with van der Waals surface area (Å²) in [6.45, 7) is 0.521. The largest absolute Gasteiger partial charge is 0.351 e. The average Bonchev–Trinajstić information content (AvgIpc) is 3.13. The van der Waals surface area contributed by atoms with Crippen LogP contribution < -0.4 is 10.9 Å². The molecule has 0 radical (unpaired) electrons. The molecular weight excluding hydrogens is 377 g/mol. The van der Waals surface area contributed by atoms with Crippen LogP contribution in [0.2, 0.25) is 10.0 Å². The maximum absolute atomic E-state index is 12.6. The van der Waals surface area contributed by atoms with Gasteiger partial charge in [-0.3, -0.25) is 9.59 Å². The van der Waals surface area contributed by atoms with Crippen LogP contribution in [0.15, 0.2) is 47.5 Å².